The van der Waals surface area contributed by atoms with Crippen molar-refractivity contribution in [1.29, 1.82) is 0 Å². The number of nitrogens with one attached hydrogen (secondary N) is 2. The molecule has 23 nitrogen and oxygen atoms in total. The summed E-state index contributed by atoms with van der Waals surface area (Å²) in [6, 6.07) is 33.8. The lowest BCUT2D eigenvalue weighted by molar-refractivity contribution is -0.219. The molecule has 0 aromatic heterocycles. The molecule has 0 bridgehead atoms. The molecule has 3 aliphatic heterocycles. The average Bonchev–Trinajstić information content (AvgIpc) is 1.17. The van der Waals surface area contributed by atoms with Crippen LogP contribution in [0.3, 0.4) is 0 Å². The molecule has 8 rings (SSSR count). The number of hydrogen-bond donors (Lipinski definition) is 2. The normalized spacial score (nSPS) is 22.1. The van der Waals surface area contributed by atoms with Crippen molar-refractivity contribution in [3.05, 3.63) is 179 Å². The van der Waals surface area contributed by atoms with Crippen LogP contribution in [0.25, 0.3) is 0 Å². The van der Waals surface area contributed by atoms with E-state index >= 15 is 28.8 Å². The molecular formula is C65H76N8O15. The summed E-state index contributed by atoms with van der Waals surface area (Å²) < 4.78 is 30.0. The third-order valence-electron chi connectivity index (χ3n) is 15.5. The Kier molecular flexibility index (Phi) is 22.6. The molecule has 0 radical (unpaired) electrons. The standard InChI is InChI=1S/C65H76N8O15/c1-43(2)56-55(67-63(80)84-39-48-26-14-8-15-27-48)61(78)72-53(35-23-37-70(72)65(82)86-41-50-30-18-10-19-31-50)60(77)73(87-42-51-32-20-11-21-33-51)45(4)58(75)68(6)44(3)59(76)71-52(34-22-36-69(71)64(81)85-40-49-28-16-9-17-29-49)57(74)66-54(62(79)88-56)46(5)83-38-47-24-12-7-13-25-47/h7-21,24-33,43-46,52-56H,22-23,34-42H2,1-6H3,(H,66,74)(H,67,80)/t44-,45+,46+,52+,53-,54-,55+,56+/m1/s1. The highest BCUT2D eigenvalue weighted by Crippen LogP contribution is 2.29. The number of nitrogens with zero attached hydrogens (tertiary/aromatic N) is 6. The second-order valence-electron chi connectivity index (χ2n) is 22.0. The number of alkyl carbamates (subject to hydrolysis) is 1. The van der Waals surface area contributed by atoms with Crippen LogP contribution in [0.2, 0.25) is 0 Å². The van der Waals surface area contributed by atoms with E-state index in [1.54, 1.807) is 159 Å². The first-order chi connectivity index (χ1) is 42.4. The van der Waals surface area contributed by atoms with Crippen LogP contribution < -0.4 is 10.6 Å². The first-order valence-electron chi connectivity index (χ1n) is 29.4. The number of ether oxygens (including phenoxy) is 5. The number of hydrazine groups is 2. The van der Waals surface area contributed by atoms with Crippen LogP contribution in [0.15, 0.2) is 152 Å². The first-order valence-corrected chi connectivity index (χ1v) is 29.4. The summed E-state index contributed by atoms with van der Waals surface area (Å²) >= 11 is 0. The van der Waals surface area contributed by atoms with Crippen LogP contribution >= 0.6 is 0 Å². The molecule has 5 aromatic carbocycles. The largest absolute Gasteiger partial charge is 0.458 e. The van der Waals surface area contributed by atoms with E-state index in [0.717, 1.165) is 30.0 Å². The van der Waals surface area contributed by atoms with Gasteiger partial charge in [0.15, 0.2) is 12.1 Å². The van der Waals surface area contributed by atoms with Crippen molar-refractivity contribution in [2.45, 2.75) is 142 Å². The third-order valence-corrected chi connectivity index (χ3v) is 15.5. The Morgan fingerprint density at radius 1 is 0.545 bits per heavy atom. The molecule has 0 unspecified atom stereocenters. The van der Waals surface area contributed by atoms with E-state index in [2.05, 4.69) is 10.6 Å². The van der Waals surface area contributed by atoms with Gasteiger partial charge in [0, 0.05) is 20.1 Å². The summed E-state index contributed by atoms with van der Waals surface area (Å²) in [4.78, 5) is 144. The van der Waals surface area contributed by atoms with E-state index in [-0.39, 0.29) is 71.8 Å². The zero-order valence-electron chi connectivity index (χ0n) is 50.2. The number of rotatable bonds is 15. The van der Waals surface area contributed by atoms with E-state index in [1.807, 2.05) is 6.07 Å². The molecule has 3 fully saturated rings. The lowest BCUT2D eigenvalue weighted by atomic mass is 9.96. The molecule has 0 aliphatic carbocycles. The number of cyclic esters (lactones) is 1. The summed E-state index contributed by atoms with van der Waals surface area (Å²) in [7, 11) is 1.30. The highest BCUT2D eigenvalue weighted by molar-refractivity contribution is 5.98. The molecule has 8 atom stereocenters. The molecule has 3 aliphatic rings. The van der Waals surface area contributed by atoms with Gasteiger partial charge in [-0.15, -0.1) is 0 Å². The molecule has 0 spiro atoms. The average molecular weight is 1210 g/mol. The predicted molar refractivity (Wildman–Crippen MR) is 317 cm³/mol. The van der Waals surface area contributed by atoms with E-state index in [4.69, 9.17) is 28.5 Å². The fourth-order valence-electron chi connectivity index (χ4n) is 10.4. The van der Waals surface area contributed by atoms with Crippen LogP contribution in [0.5, 0.6) is 0 Å². The zero-order chi connectivity index (χ0) is 62.9. The van der Waals surface area contributed by atoms with Gasteiger partial charge >= 0.3 is 24.2 Å². The van der Waals surface area contributed by atoms with Crippen molar-refractivity contribution in [2.75, 3.05) is 20.1 Å². The lowest BCUT2D eigenvalue weighted by Crippen LogP contribution is -2.68. The fourth-order valence-corrected chi connectivity index (χ4v) is 10.4. The minimum atomic E-state index is -1.99. The zero-order valence-corrected chi connectivity index (χ0v) is 50.2. The van der Waals surface area contributed by atoms with Gasteiger partial charge in [-0.2, -0.15) is 0 Å². The van der Waals surface area contributed by atoms with Crippen LogP contribution in [0, 0.1) is 5.92 Å². The van der Waals surface area contributed by atoms with Crippen molar-refractivity contribution in [3.63, 3.8) is 0 Å². The molecule has 0 saturated carbocycles. The summed E-state index contributed by atoms with van der Waals surface area (Å²) in [6.45, 7) is 6.01. The Morgan fingerprint density at radius 3 is 1.45 bits per heavy atom. The first kappa shape index (κ1) is 64.6. The Balaban J connectivity index is 1.27. The molecule has 5 aromatic rings. The topological polar surface area (TPSA) is 253 Å². The number of carbonyl (C=O) groups is 9. The molecule has 8 amide bonds. The van der Waals surface area contributed by atoms with Gasteiger partial charge in [-0.05, 0) is 80.2 Å². The van der Waals surface area contributed by atoms with E-state index in [1.165, 1.54) is 27.8 Å². The van der Waals surface area contributed by atoms with Crippen molar-refractivity contribution in [1.82, 2.24) is 40.6 Å². The van der Waals surface area contributed by atoms with Crippen molar-refractivity contribution in [3.8, 4) is 0 Å². The summed E-state index contributed by atoms with van der Waals surface area (Å²) in [6.07, 6.45) is -6.13. The SMILES string of the molecule is CC(C)[C@@H]1OC(=O)[C@@H]([C@H](C)OCc2ccccc2)NC(=O)[C@@H]2CCCN(C(=O)OCc3ccccc3)N2C(=O)[C@@H](C)N(C)C(=O)[C@H](C)N(OCc2ccccc2)C(=O)[C@H]2CCCN(C(=O)OCc3ccccc3)N2C(=O)[C@H]1NC(=O)OCc1ccccc1. The van der Waals surface area contributed by atoms with Crippen LogP contribution in [0.4, 0.5) is 14.4 Å². The number of carbonyl (C=O) groups excluding carboxylic acids is 9. The molecule has 466 valence electrons. The maximum atomic E-state index is 16.2. The maximum Gasteiger partial charge on any atom is 0.429 e. The van der Waals surface area contributed by atoms with Gasteiger partial charge < -0.3 is 39.2 Å². The number of benzene rings is 5. The van der Waals surface area contributed by atoms with Gasteiger partial charge in [0.05, 0.1) is 12.7 Å². The summed E-state index contributed by atoms with van der Waals surface area (Å²) in [5, 5.41) is 9.82. The predicted octanol–water partition coefficient (Wildman–Crippen LogP) is 7.24. The number of amides is 8. The number of fused-ring (bicyclic) bond motifs is 2. The smallest absolute Gasteiger partial charge is 0.429 e. The van der Waals surface area contributed by atoms with Crippen molar-refractivity contribution < 1.29 is 71.7 Å². The lowest BCUT2D eigenvalue weighted by Gasteiger charge is -2.46. The van der Waals surface area contributed by atoms with Gasteiger partial charge in [0.2, 0.25) is 11.8 Å². The number of likely N-dealkylation sites (N-methyl/N-ethyl adjacent to an activating group) is 1. The van der Waals surface area contributed by atoms with Crippen LogP contribution in [0.1, 0.15) is 88.1 Å². The van der Waals surface area contributed by atoms with Gasteiger partial charge in [-0.1, -0.05) is 166 Å². The highest BCUT2D eigenvalue weighted by Gasteiger charge is 2.51. The minimum Gasteiger partial charge on any atom is -0.458 e. The maximum absolute atomic E-state index is 16.2. The quantitative estimate of drug-likeness (QED) is 0.0774. The molecule has 88 heavy (non-hydrogen) atoms. The highest BCUT2D eigenvalue weighted by atomic mass is 16.7. The molecular weight excluding hydrogens is 1130 g/mol. The number of hydrogen-bond acceptors (Lipinski definition) is 15. The molecule has 3 heterocycles. The Bertz CT molecular complexity index is 3190. The van der Waals surface area contributed by atoms with Crippen molar-refractivity contribution >= 4 is 53.8 Å². The molecule has 2 N–H and O–H groups in total. The minimum absolute atomic E-state index is 0.0564. The number of hydroxylamine groups is 2. The molecule has 23 heteroatoms. The fraction of sp³-hybridized carbons (Fsp3) is 0.400. The van der Waals surface area contributed by atoms with Crippen molar-refractivity contribution in [2.24, 2.45) is 5.92 Å². The van der Waals surface area contributed by atoms with Gasteiger partial charge in [0.25, 0.3) is 17.7 Å². The monoisotopic (exact) mass is 1210 g/mol. The second kappa shape index (κ2) is 30.8. The third kappa shape index (κ3) is 16.4. The van der Waals surface area contributed by atoms with Crippen LogP contribution in [-0.2, 0) is 90.3 Å². The van der Waals surface area contributed by atoms with Crippen LogP contribution in [-0.4, -0.2) is 152 Å². The van der Waals surface area contributed by atoms with Gasteiger partial charge in [-0.3, -0.25) is 28.8 Å². The van der Waals surface area contributed by atoms with E-state index in [0.29, 0.717) is 27.8 Å². The summed E-state index contributed by atoms with van der Waals surface area (Å²) in [5.74, 6) is -6.96. The second-order valence-corrected chi connectivity index (χ2v) is 22.0. The van der Waals surface area contributed by atoms with E-state index in [9.17, 15) is 14.4 Å². The van der Waals surface area contributed by atoms with Gasteiger partial charge in [-0.25, -0.2) is 44.3 Å². The Hall–Kier alpha value is -9.35. The Labute approximate surface area is 511 Å². The molecule has 3 saturated heterocycles. The number of esters is 1. The summed E-state index contributed by atoms with van der Waals surface area (Å²) in [5.41, 5.74) is 3.07. The van der Waals surface area contributed by atoms with Gasteiger partial charge in [0.1, 0.15) is 56.7 Å². The van der Waals surface area contributed by atoms with E-state index < -0.39 is 108 Å². The Morgan fingerprint density at radius 2 is 0.977 bits per heavy atom.